The summed E-state index contributed by atoms with van der Waals surface area (Å²) in [5, 5.41) is 0.902. The molecule has 0 nitrogen and oxygen atoms in total. The maximum atomic E-state index is 6.46. The van der Waals surface area contributed by atoms with E-state index in [-0.39, 0.29) is 5.38 Å². The first kappa shape index (κ1) is 12.3. The summed E-state index contributed by atoms with van der Waals surface area (Å²) in [6.45, 7) is 4.20. The third-order valence-electron chi connectivity index (χ3n) is 3.72. The predicted octanol–water partition coefficient (Wildman–Crippen LogP) is 5.43. The molecule has 0 aliphatic heterocycles. The molecule has 2 heteroatoms. The number of alkyl halides is 1. The third-order valence-corrected chi connectivity index (χ3v) is 4.46. The van der Waals surface area contributed by atoms with Crippen molar-refractivity contribution in [3.8, 4) is 0 Å². The molecular formula is C14H18Cl2. The molecule has 1 aliphatic carbocycles. The minimum absolute atomic E-state index is 0.0806. The number of rotatable bonds is 3. The van der Waals surface area contributed by atoms with Gasteiger partial charge < -0.3 is 0 Å². The van der Waals surface area contributed by atoms with E-state index in [9.17, 15) is 0 Å². The van der Waals surface area contributed by atoms with Gasteiger partial charge in [0.15, 0.2) is 0 Å². The van der Waals surface area contributed by atoms with Gasteiger partial charge in [0.1, 0.15) is 0 Å². The lowest BCUT2D eigenvalue weighted by atomic mass is 9.81. The van der Waals surface area contributed by atoms with Crippen LogP contribution in [-0.4, -0.2) is 0 Å². The highest BCUT2D eigenvalue weighted by atomic mass is 35.5. The molecule has 2 rings (SSSR count). The summed E-state index contributed by atoms with van der Waals surface area (Å²) < 4.78 is 0. The largest absolute Gasteiger partial charge is 0.118 e. The molecule has 0 saturated heterocycles. The molecule has 0 radical (unpaired) electrons. The second kappa shape index (κ2) is 4.98. The Morgan fingerprint density at radius 1 is 1.25 bits per heavy atom. The first-order valence-electron chi connectivity index (χ1n) is 5.98. The molecule has 0 spiro atoms. The van der Waals surface area contributed by atoms with Gasteiger partial charge in [-0.3, -0.25) is 0 Å². The van der Waals surface area contributed by atoms with Crippen molar-refractivity contribution in [2.45, 2.75) is 44.9 Å². The van der Waals surface area contributed by atoms with Gasteiger partial charge in [0, 0.05) is 5.02 Å². The first-order valence-corrected chi connectivity index (χ1v) is 6.80. The zero-order valence-electron chi connectivity index (χ0n) is 9.89. The van der Waals surface area contributed by atoms with Gasteiger partial charge in [0.05, 0.1) is 5.38 Å². The van der Waals surface area contributed by atoms with Crippen molar-refractivity contribution in [2.75, 3.05) is 0 Å². The Hall–Kier alpha value is -0.200. The van der Waals surface area contributed by atoms with Gasteiger partial charge in [-0.1, -0.05) is 36.9 Å². The van der Waals surface area contributed by atoms with Gasteiger partial charge in [-0.25, -0.2) is 0 Å². The van der Waals surface area contributed by atoms with Crippen LogP contribution in [0.1, 0.15) is 47.8 Å². The molecule has 1 saturated carbocycles. The molecule has 1 unspecified atom stereocenters. The third kappa shape index (κ3) is 2.55. The molecule has 0 aromatic heterocycles. The van der Waals surface area contributed by atoms with Crippen LogP contribution in [0.25, 0.3) is 0 Å². The van der Waals surface area contributed by atoms with E-state index in [0.717, 1.165) is 22.9 Å². The van der Waals surface area contributed by atoms with E-state index in [1.807, 2.05) is 6.07 Å². The molecule has 0 amide bonds. The first-order chi connectivity index (χ1) is 7.58. The van der Waals surface area contributed by atoms with Crippen molar-refractivity contribution in [3.63, 3.8) is 0 Å². The fourth-order valence-corrected chi connectivity index (χ4v) is 3.03. The Balaban J connectivity index is 2.14. The predicted molar refractivity (Wildman–Crippen MR) is 71.5 cm³/mol. The minimum atomic E-state index is 0.0806. The SMILES string of the molecule is Cc1cc(Cl)c(C(Cl)CC2CCC2)cc1C. The number of hydrogen-bond acceptors (Lipinski definition) is 0. The van der Waals surface area contributed by atoms with Gasteiger partial charge >= 0.3 is 0 Å². The quantitative estimate of drug-likeness (QED) is 0.633. The van der Waals surface area contributed by atoms with Crippen molar-refractivity contribution in [1.82, 2.24) is 0 Å². The number of aryl methyl sites for hydroxylation is 2. The van der Waals surface area contributed by atoms with Crippen LogP contribution in [0.5, 0.6) is 0 Å². The summed E-state index contributed by atoms with van der Waals surface area (Å²) in [5.74, 6) is 0.820. The summed E-state index contributed by atoms with van der Waals surface area (Å²) in [5.41, 5.74) is 3.62. The molecule has 1 aromatic carbocycles. The standard InChI is InChI=1S/C14H18Cl2/c1-9-6-12(13(15)7-10(9)2)14(16)8-11-4-3-5-11/h6-7,11,14H,3-5,8H2,1-2H3. The number of benzene rings is 1. The molecule has 1 atom stereocenters. The van der Waals surface area contributed by atoms with Crippen LogP contribution in [0.4, 0.5) is 0 Å². The van der Waals surface area contributed by atoms with Crippen molar-refractivity contribution < 1.29 is 0 Å². The minimum Gasteiger partial charge on any atom is -0.118 e. The summed E-state index contributed by atoms with van der Waals surface area (Å²) in [6, 6.07) is 4.18. The number of hydrogen-bond donors (Lipinski definition) is 0. The van der Waals surface area contributed by atoms with Crippen molar-refractivity contribution in [2.24, 2.45) is 5.92 Å². The summed E-state index contributed by atoms with van der Waals surface area (Å²) in [6.07, 6.45) is 5.12. The zero-order chi connectivity index (χ0) is 11.7. The maximum Gasteiger partial charge on any atom is 0.0602 e. The molecule has 16 heavy (non-hydrogen) atoms. The highest BCUT2D eigenvalue weighted by Crippen LogP contribution is 2.40. The smallest absolute Gasteiger partial charge is 0.0602 e. The molecule has 0 N–H and O–H groups in total. The maximum absolute atomic E-state index is 6.46. The summed E-state index contributed by atoms with van der Waals surface area (Å²) in [7, 11) is 0. The van der Waals surface area contributed by atoms with Crippen LogP contribution in [-0.2, 0) is 0 Å². The lowest BCUT2D eigenvalue weighted by Crippen LogP contribution is -2.13. The lowest BCUT2D eigenvalue weighted by molar-refractivity contribution is 0.293. The fraction of sp³-hybridized carbons (Fsp3) is 0.571. The van der Waals surface area contributed by atoms with E-state index in [1.54, 1.807) is 0 Å². The molecule has 0 bridgehead atoms. The summed E-state index contributed by atoms with van der Waals surface area (Å²) >= 11 is 12.7. The van der Waals surface area contributed by atoms with E-state index in [1.165, 1.54) is 30.4 Å². The van der Waals surface area contributed by atoms with Crippen LogP contribution >= 0.6 is 23.2 Å². The van der Waals surface area contributed by atoms with Crippen molar-refractivity contribution >= 4 is 23.2 Å². The van der Waals surface area contributed by atoms with Crippen molar-refractivity contribution in [3.05, 3.63) is 33.8 Å². The fourth-order valence-electron chi connectivity index (χ4n) is 2.19. The average molecular weight is 257 g/mol. The van der Waals surface area contributed by atoms with E-state index in [2.05, 4.69) is 19.9 Å². The molecule has 88 valence electrons. The lowest BCUT2D eigenvalue weighted by Gasteiger charge is -2.27. The Morgan fingerprint density at radius 2 is 1.88 bits per heavy atom. The van der Waals surface area contributed by atoms with E-state index in [4.69, 9.17) is 23.2 Å². The van der Waals surface area contributed by atoms with Gasteiger partial charge in [0.25, 0.3) is 0 Å². The average Bonchev–Trinajstić information content (AvgIpc) is 2.17. The second-order valence-electron chi connectivity index (χ2n) is 4.96. The van der Waals surface area contributed by atoms with Gasteiger partial charge in [0.2, 0.25) is 0 Å². The van der Waals surface area contributed by atoms with Gasteiger partial charge in [-0.05, 0) is 48.9 Å². The molecule has 0 heterocycles. The zero-order valence-corrected chi connectivity index (χ0v) is 11.4. The van der Waals surface area contributed by atoms with E-state index < -0.39 is 0 Å². The summed E-state index contributed by atoms with van der Waals surface area (Å²) in [4.78, 5) is 0. The van der Waals surface area contributed by atoms with E-state index >= 15 is 0 Å². The second-order valence-corrected chi connectivity index (χ2v) is 5.89. The molecule has 1 fully saturated rings. The molecule has 1 aliphatic rings. The van der Waals surface area contributed by atoms with E-state index in [0.29, 0.717) is 0 Å². The Morgan fingerprint density at radius 3 is 2.44 bits per heavy atom. The van der Waals surface area contributed by atoms with Gasteiger partial charge in [-0.2, -0.15) is 0 Å². The monoisotopic (exact) mass is 256 g/mol. The Bertz CT molecular complexity index is 381. The number of halogens is 2. The Labute approximate surface area is 108 Å². The van der Waals surface area contributed by atoms with Crippen LogP contribution < -0.4 is 0 Å². The van der Waals surface area contributed by atoms with Crippen molar-refractivity contribution in [1.29, 1.82) is 0 Å². The van der Waals surface area contributed by atoms with Crippen LogP contribution in [0, 0.1) is 19.8 Å². The highest BCUT2D eigenvalue weighted by Gasteiger charge is 2.23. The molecule has 1 aromatic rings. The van der Waals surface area contributed by atoms with Crippen LogP contribution in [0.3, 0.4) is 0 Å². The topological polar surface area (TPSA) is 0 Å². The van der Waals surface area contributed by atoms with Gasteiger partial charge in [-0.15, -0.1) is 11.6 Å². The van der Waals surface area contributed by atoms with Crippen LogP contribution in [0.2, 0.25) is 5.02 Å². The molecular weight excluding hydrogens is 239 g/mol. The normalized spacial score (nSPS) is 18.2. The Kier molecular flexibility index (Phi) is 3.81. The highest BCUT2D eigenvalue weighted by molar-refractivity contribution is 6.32. The van der Waals surface area contributed by atoms with Crippen LogP contribution in [0.15, 0.2) is 12.1 Å².